The van der Waals surface area contributed by atoms with Gasteiger partial charge in [-0.2, -0.15) is 0 Å². The van der Waals surface area contributed by atoms with E-state index in [1.54, 1.807) is 54.3 Å². The summed E-state index contributed by atoms with van der Waals surface area (Å²) in [5.41, 5.74) is 2.84. The van der Waals surface area contributed by atoms with Crippen molar-refractivity contribution in [1.82, 2.24) is 9.88 Å². The summed E-state index contributed by atoms with van der Waals surface area (Å²) in [7, 11) is 0. The summed E-state index contributed by atoms with van der Waals surface area (Å²) in [6, 6.07) is 12.0. The molecular formula is C20H19N3O4. The van der Waals surface area contributed by atoms with Crippen LogP contribution in [-0.2, 0) is 4.74 Å². The highest BCUT2D eigenvalue weighted by Crippen LogP contribution is 2.24. The minimum Gasteiger partial charge on any atom is -0.441 e. The smallest absolute Gasteiger partial charge is 0.255 e. The number of para-hydroxylation sites is 1. The summed E-state index contributed by atoms with van der Waals surface area (Å²) in [5.74, 6) is 0.222. The summed E-state index contributed by atoms with van der Waals surface area (Å²) in [6.45, 7) is 4.04. The van der Waals surface area contributed by atoms with E-state index in [0.29, 0.717) is 60.1 Å². The Balaban J connectivity index is 1.49. The van der Waals surface area contributed by atoms with Crippen LogP contribution in [0.15, 0.2) is 46.9 Å². The normalized spacial score (nSPS) is 14.3. The van der Waals surface area contributed by atoms with Crippen molar-refractivity contribution in [2.75, 3.05) is 31.6 Å². The zero-order chi connectivity index (χ0) is 18.8. The van der Waals surface area contributed by atoms with Gasteiger partial charge in [0.25, 0.3) is 11.8 Å². The highest BCUT2D eigenvalue weighted by atomic mass is 16.5. The lowest BCUT2D eigenvalue weighted by molar-refractivity contribution is 0.0303. The molecule has 0 radical (unpaired) electrons. The van der Waals surface area contributed by atoms with Gasteiger partial charge in [0.05, 0.1) is 18.9 Å². The number of aromatic nitrogens is 1. The largest absolute Gasteiger partial charge is 0.441 e. The van der Waals surface area contributed by atoms with Crippen LogP contribution >= 0.6 is 0 Å². The molecule has 1 aliphatic rings. The molecule has 1 fully saturated rings. The van der Waals surface area contributed by atoms with Crippen molar-refractivity contribution in [3.63, 3.8) is 0 Å². The molecule has 2 amide bonds. The molecule has 138 valence electrons. The number of fused-ring (bicyclic) bond motifs is 1. The van der Waals surface area contributed by atoms with Gasteiger partial charge in [-0.05, 0) is 36.4 Å². The van der Waals surface area contributed by atoms with E-state index in [9.17, 15) is 9.59 Å². The zero-order valence-corrected chi connectivity index (χ0v) is 14.9. The first-order valence-corrected chi connectivity index (χ1v) is 8.76. The number of benzene rings is 2. The number of anilines is 1. The lowest BCUT2D eigenvalue weighted by atomic mass is 10.1. The second-order valence-electron chi connectivity index (χ2n) is 6.32. The molecule has 0 saturated carbocycles. The van der Waals surface area contributed by atoms with Crippen LogP contribution in [0.2, 0.25) is 0 Å². The number of carbonyl (C=O) groups is 2. The van der Waals surface area contributed by atoms with Crippen molar-refractivity contribution in [2.45, 2.75) is 6.92 Å². The fraction of sp³-hybridized carbons (Fsp3) is 0.250. The van der Waals surface area contributed by atoms with Crippen LogP contribution < -0.4 is 5.32 Å². The van der Waals surface area contributed by atoms with Gasteiger partial charge < -0.3 is 19.4 Å². The second kappa shape index (κ2) is 7.20. The van der Waals surface area contributed by atoms with Crippen LogP contribution in [0, 0.1) is 6.92 Å². The highest BCUT2D eigenvalue weighted by molar-refractivity contribution is 6.08. The number of nitrogens with zero attached hydrogens (tertiary/aromatic N) is 2. The maximum atomic E-state index is 12.6. The van der Waals surface area contributed by atoms with Gasteiger partial charge >= 0.3 is 0 Å². The molecule has 0 aliphatic carbocycles. The number of amides is 2. The number of carbonyl (C=O) groups excluding carboxylic acids is 2. The van der Waals surface area contributed by atoms with E-state index in [4.69, 9.17) is 9.15 Å². The molecule has 27 heavy (non-hydrogen) atoms. The Morgan fingerprint density at radius 3 is 2.48 bits per heavy atom. The Labute approximate surface area is 155 Å². The van der Waals surface area contributed by atoms with Crippen LogP contribution in [0.3, 0.4) is 0 Å². The standard InChI is InChI=1S/C20H19N3O4/c1-13-21-18-16(3-2-4-17(18)27-13)22-19(24)14-5-7-15(8-6-14)20(25)23-9-11-26-12-10-23/h2-8H,9-12H2,1H3,(H,22,24). The third kappa shape index (κ3) is 3.54. The van der Waals surface area contributed by atoms with Crippen LogP contribution in [0.4, 0.5) is 5.69 Å². The second-order valence-corrected chi connectivity index (χ2v) is 6.32. The average Bonchev–Trinajstić information content (AvgIpc) is 3.09. The fourth-order valence-corrected chi connectivity index (χ4v) is 3.07. The number of hydrogen-bond acceptors (Lipinski definition) is 5. The molecule has 2 heterocycles. The Kier molecular flexibility index (Phi) is 4.60. The van der Waals surface area contributed by atoms with Gasteiger partial charge in [0, 0.05) is 31.1 Å². The number of rotatable bonds is 3. The molecule has 0 atom stereocenters. The van der Waals surface area contributed by atoms with E-state index in [0.717, 1.165) is 0 Å². The minimum absolute atomic E-state index is 0.0481. The number of oxazole rings is 1. The van der Waals surface area contributed by atoms with Gasteiger partial charge in [0.2, 0.25) is 0 Å². The first kappa shape index (κ1) is 17.2. The quantitative estimate of drug-likeness (QED) is 0.771. The summed E-state index contributed by atoms with van der Waals surface area (Å²) in [4.78, 5) is 31.1. The number of nitrogens with one attached hydrogen (secondary N) is 1. The molecule has 0 bridgehead atoms. The van der Waals surface area contributed by atoms with Gasteiger partial charge in [-0.1, -0.05) is 6.07 Å². The van der Waals surface area contributed by atoms with Crippen molar-refractivity contribution in [3.8, 4) is 0 Å². The summed E-state index contributed by atoms with van der Waals surface area (Å²) in [5, 5.41) is 2.85. The van der Waals surface area contributed by atoms with E-state index in [1.165, 1.54) is 0 Å². The average molecular weight is 365 g/mol. The van der Waals surface area contributed by atoms with Crippen molar-refractivity contribution >= 4 is 28.6 Å². The summed E-state index contributed by atoms with van der Waals surface area (Å²) in [6.07, 6.45) is 0. The topological polar surface area (TPSA) is 84.7 Å². The fourth-order valence-electron chi connectivity index (χ4n) is 3.07. The predicted octanol–water partition coefficient (Wildman–Crippen LogP) is 2.86. The van der Waals surface area contributed by atoms with Gasteiger partial charge in [-0.15, -0.1) is 0 Å². The van der Waals surface area contributed by atoms with E-state index in [-0.39, 0.29) is 11.8 Å². The van der Waals surface area contributed by atoms with Crippen LogP contribution in [0.1, 0.15) is 26.6 Å². The Morgan fingerprint density at radius 1 is 1.04 bits per heavy atom. The molecule has 4 rings (SSSR count). The zero-order valence-electron chi connectivity index (χ0n) is 14.9. The number of morpholine rings is 1. The predicted molar refractivity (Wildman–Crippen MR) is 99.9 cm³/mol. The molecule has 1 saturated heterocycles. The first-order chi connectivity index (χ1) is 13.1. The Hall–Kier alpha value is -3.19. The highest BCUT2D eigenvalue weighted by Gasteiger charge is 2.19. The molecule has 1 aromatic heterocycles. The molecule has 7 nitrogen and oxygen atoms in total. The third-order valence-electron chi connectivity index (χ3n) is 4.47. The van der Waals surface area contributed by atoms with Crippen molar-refractivity contribution in [2.24, 2.45) is 0 Å². The van der Waals surface area contributed by atoms with E-state index >= 15 is 0 Å². The van der Waals surface area contributed by atoms with E-state index in [2.05, 4.69) is 10.3 Å². The van der Waals surface area contributed by atoms with Gasteiger partial charge in [0.1, 0.15) is 5.52 Å². The SMILES string of the molecule is Cc1nc2c(NC(=O)c3ccc(C(=O)N4CCOCC4)cc3)cccc2o1. The van der Waals surface area contributed by atoms with Crippen LogP contribution in [0.5, 0.6) is 0 Å². The van der Waals surface area contributed by atoms with Crippen LogP contribution in [-0.4, -0.2) is 48.0 Å². The lowest BCUT2D eigenvalue weighted by Crippen LogP contribution is -2.40. The monoisotopic (exact) mass is 365 g/mol. The Bertz CT molecular complexity index is 988. The van der Waals surface area contributed by atoms with E-state index in [1.807, 2.05) is 0 Å². The van der Waals surface area contributed by atoms with E-state index < -0.39 is 0 Å². The Morgan fingerprint density at radius 2 is 1.74 bits per heavy atom. The number of hydrogen-bond donors (Lipinski definition) is 1. The third-order valence-corrected chi connectivity index (χ3v) is 4.47. The number of ether oxygens (including phenoxy) is 1. The lowest BCUT2D eigenvalue weighted by Gasteiger charge is -2.26. The maximum absolute atomic E-state index is 12.6. The van der Waals surface area contributed by atoms with Gasteiger partial charge in [-0.3, -0.25) is 9.59 Å². The first-order valence-electron chi connectivity index (χ1n) is 8.76. The summed E-state index contributed by atoms with van der Waals surface area (Å²) >= 11 is 0. The molecule has 1 aliphatic heterocycles. The van der Waals surface area contributed by atoms with Gasteiger partial charge in [-0.25, -0.2) is 4.98 Å². The molecule has 0 unspecified atom stereocenters. The molecule has 0 spiro atoms. The van der Waals surface area contributed by atoms with Crippen molar-refractivity contribution in [3.05, 3.63) is 59.5 Å². The van der Waals surface area contributed by atoms with Crippen molar-refractivity contribution < 1.29 is 18.7 Å². The number of aryl methyl sites for hydroxylation is 1. The minimum atomic E-state index is -0.270. The molecule has 7 heteroatoms. The van der Waals surface area contributed by atoms with Gasteiger partial charge in [0.15, 0.2) is 11.5 Å². The van der Waals surface area contributed by atoms with Crippen LogP contribution in [0.25, 0.3) is 11.1 Å². The summed E-state index contributed by atoms with van der Waals surface area (Å²) < 4.78 is 10.7. The molecule has 3 aromatic rings. The molecule has 1 N–H and O–H groups in total. The molecular weight excluding hydrogens is 346 g/mol. The molecule has 2 aromatic carbocycles. The van der Waals surface area contributed by atoms with Crippen molar-refractivity contribution in [1.29, 1.82) is 0 Å². The maximum Gasteiger partial charge on any atom is 0.255 e.